The lowest BCUT2D eigenvalue weighted by atomic mass is 10.0. The maximum Gasteiger partial charge on any atom is 0.264 e. The predicted octanol–water partition coefficient (Wildman–Crippen LogP) is 3.13. The topological polar surface area (TPSA) is 93.8 Å². The first-order chi connectivity index (χ1) is 14.6. The number of primary amides is 1. The fraction of sp³-hybridized carbons (Fsp3) is 0.0417. The molecule has 3 N–H and O–H groups in total. The van der Waals surface area contributed by atoms with Crippen molar-refractivity contribution in [3.05, 3.63) is 108 Å². The normalized spacial score (nSPS) is 10.4. The van der Waals surface area contributed by atoms with Crippen molar-refractivity contribution in [2.45, 2.75) is 0 Å². The molecule has 0 aliphatic heterocycles. The number of hydrogen-bond donors (Lipinski definition) is 2. The number of ether oxygens (including phenoxy) is 1. The molecule has 0 heterocycles. The highest BCUT2D eigenvalue weighted by Gasteiger charge is 2.07. The molecule has 3 rings (SSSR count). The van der Waals surface area contributed by atoms with E-state index in [2.05, 4.69) is 10.5 Å². The quantitative estimate of drug-likeness (QED) is 0.346. The third kappa shape index (κ3) is 6.17. The Morgan fingerprint density at radius 1 is 0.867 bits per heavy atom. The predicted molar refractivity (Wildman–Crippen MR) is 117 cm³/mol. The number of carbonyl (C=O) groups is 2. The van der Waals surface area contributed by atoms with Gasteiger partial charge in [-0.05, 0) is 23.8 Å². The van der Waals surface area contributed by atoms with Gasteiger partial charge in [0.25, 0.3) is 11.8 Å². The molecule has 3 aromatic rings. The number of carbonyl (C=O) groups excluding carboxylic acids is 2. The number of benzene rings is 3. The lowest BCUT2D eigenvalue weighted by molar-refractivity contribution is -0.120. The van der Waals surface area contributed by atoms with Crippen LogP contribution in [0.25, 0.3) is 6.08 Å². The third-order valence-electron chi connectivity index (χ3n) is 4.06. The van der Waals surface area contributed by atoms with Gasteiger partial charge in [0.05, 0.1) is 5.71 Å². The van der Waals surface area contributed by atoms with E-state index in [9.17, 15) is 9.59 Å². The van der Waals surface area contributed by atoms with Gasteiger partial charge in [0.15, 0.2) is 6.61 Å². The van der Waals surface area contributed by atoms with Gasteiger partial charge >= 0.3 is 0 Å². The summed E-state index contributed by atoms with van der Waals surface area (Å²) in [6.07, 6.45) is 3.06. The number of amides is 2. The fourth-order valence-corrected chi connectivity index (χ4v) is 2.64. The molecular weight excluding hydrogens is 378 g/mol. The Kier molecular flexibility index (Phi) is 7.11. The van der Waals surface area contributed by atoms with Gasteiger partial charge in [-0.15, -0.1) is 0 Å². The summed E-state index contributed by atoms with van der Waals surface area (Å²) < 4.78 is 5.20. The molecule has 0 saturated carbocycles. The minimum atomic E-state index is -0.540. The van der Waals surface area contributed by atoms with E-state index in [4.69, 9.17) is 10.5 Å². The summed E-state index contributed by atoms with van der Waals surface area (Å²) in [5, 5.41) is 4.33. The molecule has 6 nitrogen and oxygen atoms in total. The summed E-state index contributed by atoms with van der Waals surface area (Å²) in [4.78, 5) is 23.0. The minimum Gasteiger partial charge on any atom is -0.484 e. The summed E-state index contributed by atoms with van der Waals surface area (Å²) >= 11 is 0. The number of rotatable bonds is 8. The van der Waals surface area contributed by atoms with Gasteiger partial charge in [-0.1, -0.05) is 72.8 Å². The van der Waals surface area contributed by atoms with Crippen molar-refractivity contribution in [2.24, 2.45) is 10.8 Å². The lowest BCUT2D eigenvalue weighted by Crippen LogP contribution is -2.19. The van der Waals surface area contributed by atoms with Crippen molar-refractivity contribution in [3.63, 3.8) is 0 Å². The van der Waals surface area contributed by atoms with E-state index in [-0.39, 0.29) is 12.5 Å². The standard InChI is InChI=1S/C24H21N3O3/c25-22(28)17-30-21-14-11-18(12-15-21)13-16-23(29)26-27-24(19-7-3-1-4-8-19)20-9-5-2-6-10-20/h1-16H,17H2,(H2,25,28)(H,26,29). The molecule has 0 aromatic heterocycles. The van der Waals surface area contributed by atoms with Crippen LogP contribution in [0.4, 0.5) is 0 Å². The SMILES string of the molecule is NC(=O)COc1ccc(C=CC(=O)NN=C(c2ccccc2)c2ccccc2)cc1. The third-order valence-corrected chi connectivity index (χ3v) is 4.06. The lowest BCUT2D eigenvalue weighted by Gasteiger charge is -2.07. The van der Waals surface area contributed by atoms with Gasteiger partial charge in [0, 0.05) is 17.2 Å². The molecule has 150 valence electrons. The molecule has 6 heteroatoms. The molecule has 0 aliphatic rings. The first-order valence-corrected chi connectivity index (χ1v) is 9.29. The molecule has 30 heavy (non-hydrogen) atoms. The monoisotopic (exact) mass is 399 g/mol. The summed E-state index contributed by atoms with van der Waals surface area (Å²) in [7, 11) is 0. The molecule has 0 fully saturated rings. The highest BCUT2D eigenvalue weighted by molar-refractivity contribution is 6.13. The molecule has 3 aromatic carbocycles. The average Bonchev–Trinajstić information content (AvgIpc) is 2.78. The van der Waals surface area contributed by atoms with Crippen LogP contribution in [-0.2, 0) is 9.59 Å². The van der Waals surface area contributed by atoms with Crippen LogP contribution >= 0.6 is 0 Å². The van der Waals surface area contributed by atoms with Crippen LogP contribution in [0.3, 0.4) is 0 Å². The summed E-state index contributed by atoms with van der Waals surface area (Å²) in [6.45, 7) is -0.180. The Labute approximate surface area is 174 Å². The van der Waals surface area contributed by atoms with E-state index in [1.54, 1.807) is 30.3 Å². The van der Waals surface area contributed by atoms with Crippen molar-refractivity contribution in [2.75, 3.05) is 6.61 Å². The second-order valence-corrected chi connectivity index (χ2v) is 6.33. The van der Waals surface area contributed by atoms with Crippen LogP contribution in [0.2, 0.25) is 0 Å². The number of hydrogen-bond acceptors (Lipinski definition) is 4. The van der Waals surface area contributed by atoms with Gasteiger partial charge in [-0.25, -0.2) is 5.43 Å². The maximum atomic E-state index is 12.2. The van der Waals surface area contributed by atoms with Crippen molar-refractivity contribution in [1.82, 2.24) is 5.43 Å². The molecule has 0 atom stereocenters. The summed E-state index contributed by atoms with van der Waals surface area (Å²) in [5.74, 6) is -0.370. The Morgan fingerprint density at radius 3 is 1.97 bits per heavy atom. The Balaban J connectivity index is 1.67. The Bertz CT molecular complexity index is 1000. The number of nitrogens with two attached hydrogens (primary N) is 1. The molecule has 2 amide bonds. The van der Waals surface area contributed by atoms with E-state index in [0.717, 1.165) is 16.7 Å². The molecule has 0 bridgehead atoms. The first kappa shape index (κ1) is 20.5. The van der Waals surface area contributed by atoms with Gasteiger partial charge in [0.1, 0.15) is 5.75 Å². The van der Waals surface area contributed by atoms with Crippen LogP contribution in [0.5, 0.6) is 5.75 Å². The van der Waals surface area contributed by atoms with E-state index in [1.807, 2.05) is 60.7 Å². The highest BCUT2D eigenvalue weighted by atomic mass is 16.5. The minimum absolute atomic E-state index is 0.180. The maximum absolute atomic E-state index is 12.2. The molecular formula is C24H21N3O3. The van der Waals surface area contributed by atoms with Crippen LogP contribution < -0.4 is 15.9 Å². The highest BCUT2D eigenvalue weighted by Crippen LogP contribution is 2.13. The second-order valence-electron chi connectivity index (χ2n) is 6.33. The van der Waals surface area contributed by atoms with Crippen molar-refractivity contribution >= 4 is 23.6 Å². The largest absolute Gasteiger partial charge is 0.484 e. The van der Waals surface area contributed by atoms with Crippen molar-refractivity contribution in [3.8, 4) is 5.75 Å². The van der Waals surface area contributed by atoms with E-state index < -0.39 is 5.91 Å². The number of nitrogens with one attached hydrogen (secondary N) is 1. The van der Waals surface area contributed by atoms with Gasteiger partial charge in [-0.2, -0.15) is 5.10 Å². The van der Waals surface area contributed by atoms with E-state index in [1.165, 1.54) is 6.08 Å². The number of hydrazone groups is 1. The van der Waals surface area contributed by atoms with Gasteiger partial charge < -0.3 is 10.5 Å². The number of nitrogens with zero attached hydrogens (tertiary/aromatic N) is 1. The Morgan fingerprint density at radius 2 is 1.43 bits per heavy atom. The first-order valence-electron chi connectivity index (χ1n) is 9.29. The molecule has 0 radical (unpaired) electrons. The zero-order chi connectivity index (χ0) is 21.2. The molecule has 0 spiro atoms. The fourth-order valence-electron chi connectivity index (χ4n) is 2.64. The smallest absolute Gasteiger partial charge is 0.264 e. The summed E-state index contributed by atoms with van der Waals surface area (Å²) in [6, 6.07) is 26.2. The van der Waals surface area contributed by atoms with Crippen LogP contribution in [0, 0.1) is 0 Å². The molecule has 0 aliphatic carbocycles. The summed E-state index contributed by atoms with van der Waals surface area (Å²) in [5.41, 5.74) is 10.9. The second kappa shape index (κ2) is 10.4. The van der Waals surface area contributed by atoms with Gasteiger partial charge in [0.2, 0.25) is 0 Å². The van der Waals surface area contributed by atoms with Crippen LogP contribution in [0.1, 0.15) is 16.7 Å². The average molecular weight is 399 g/mol. The zero-order valence-electron chi connectivity index (χ0n) is 16.2. The van der Waals surface area contributed by atoms with E-state index in [0.29, 0.717) is 11.5 Å². The van der Waals surface area contributed by atoms with Crippen molar-refractivity contribution in [1.29, 1.82) is 0 Å². The van der Waals surface area contributed by atoms with Gasteiger partial charge in [-0.3, -0.25) is 9.59 Å². The van der Waals surface area contributed by atoms with Crippen LogP contribution in [0.15, 0.2) is 96.1 Å². The molecule has 0 saturated heterocycles. The Hall–Kier alpha value is -4.19. The van der Waals surface area contributed by atoms with E-state index >= 15 is 0 Å². The molecule has 0 unspecified atom stereocenters. The van der Waals surface area contributed by atoms with Crippen LogP contribution in [-0.4, -0.2) is 24.1 Å². The zero-order valence-corrected chi connectivity index (χ0v) is 16.2. The van der Waals surface area contributed by atoms with Crippen molar-refractivity contribution < 1.29 is 14.3 Å².